The smallest absolute Gasteiger partial charge is 0.416 e. The molecule has 0 bridgehead atoms. The van der Waals surface area contributed by atoms with E-state index >= 15 is 4.39 Å². The Kier molecular flexibility index (Phi) is 8.81. The lowest BCUT2D eigenvalue weighted by Gasteiger charge is -2.38. The van der Waals surface area contributed by atoms with Crippen molar-refractivity contribution in [2.45, 2.75) is 87.5 Å². The lowest BCUT2D eigenvalue weighted by atomic mass is 9.91. The largest absolute Gasteiger partial charge is 0.467 e. The minimum Gasteiger partial charge on any atom is -0.467 e. The maximum absolute atomic E-state index is 15.9. The van der Waals surface area contributed by atoms with E-state index in [1.807, 2.05) is 0 Å². The molecule has 1 aromatic heterocycles. The summed E-state index contributed by atoms with van der Waals surface area (Å²) in [7, 11) is 1.12. The first-order valence-corrected chi connectivity index (χ1v) is 14.5. The van der Waals surface area contributed by atoms with Gasteiger partial charge in [0.05, 0.1) is 18.4 Å². The first-order valence-electron chi connectivity index (χ1n) is 14.5. The molecule has 0 radical (unpaired) electrons. The third kappa shape index (κ3) is 6.63. The van der Waals surface area contributed by atoms with Gasteiger partial charge >= 0.3 is 18.2 Å². The van der Waals surface area contributed by atoms with Gasteiger partial charge in [-0.05, 0) is 68.2 Å². The van der Waals surface area contributed by atoms with E-state index in [9.17, 15) is 36.3 Å². The average Bonchev–Trinajstić information content (AvgIpc) is 3.72. The Morgan fingerprint density at radius 1 is 1.09 bits per heavy atom. The molecule has 2 saturated carbocycles. The van der Waals surface area contributed by atoms with Crippen LogP contribution in [0.5, 0.6) is 0 Å². The van der Waals surface area contributed by atoms with Crippen molar-refractivity contribution in [2.24, 2.45) is 0 Å². The van der Waals surface area contributed by atoms with Gasteiger partial charge in [0.15, 0.2) is 0 Å². The molecule has 5 rings (SSSR count). The molecule has 1 N–H and O–H groups in total. The van der Waals surface area contributed by atoms with Gasteiger partial charge in [0.1, 0.15) is 17.9 Å². The number of aromatic nitrogens is 1. The number of urea groups is 1. The lowest BCUT2D eigenvalue weighted by Crippen LogP contribution is -2.54. The van der Waals surface area contributed by atoms with Gasteiger partial charge in [0, 0.05) is 43.4 Å². The van der Waals surface area contributed by atoms with Gasteiger partial charge in [-0.2, -0.15) is 13.2 Å². The first kappa shape index (κ1) is 31.6. The molecule has 2 aromatic rings. The zero-order chi connectivity index (χ0) is 31.8. The third-order valence-electron chi connectivity index (χ3n) is 8.48. The molecular weight excluding hydrogens is 594 g/mol. The number of benzene rings is 1. The van der Waals surface area contributed by atoms with E-state index in [0.29, 0.717) is 23.0 Å². The molecule has 2 aliphatic carbocycles. The van der Waals surface area contributed by atoms with Crippen molar-refractivity contribution >= 4 is 23.6 Å². The number of hydrogen-bond donors (Lipinski definition) is 1. The van der Waals surface area contributed by atoms with E-state index < -0.39 is 83.6 Å². The second-order valence-electron chi connectivity index (χ2n) is 11.5. The fraction of sp³-hybridized carbons (Fsp3) is 0.533. The van der Waals surface area contributed by atoms with Crippen LogP contribution in [-0.4, -0.2) is 59.5 Å². The first-order chi connectivity index (χ1) is 20.8. The number of carbonyl (C=O) groups is 3. The van der Waals surface area contributed by atoms with Crippen LogP contribution in [0.15, 0.2) is 36.7 Å². The molecule has 3 aliphatic rings. The number of amides is 3. The van der Waals surface area contributed by atoms with Gasteiger partial charge in [-0.3, -0.25) is 14.7 Å². The number of hydrogen-bond acceptors (Lipinski definition) is 5. The average molecular weight is 627 g/mol. The van der Waals surface area contributed by atoms with Crippen LogP contribution in [0.3, 0.4) is 0 Å². The number of likely N-dealkylation sites (tertiary alicyclic amines) is 1. The minimum absolute atomic E-state index is 0.0118. The van der Waals surface area contributed by atoms with E-state index in [4.69, 9.17) is 4.74 Å². The molecule has 3 amide bonds. The van der Waals surface area contributed by atoms with Gasteiger partial charge < -0.3 is 15.0 Å². The molecule has 1 saturated heterocycles. The zero-order valence-corrected chi connectivity index (χ0v) is 23.9. The van der Waals surface area contributed by atoms with Crippen molar-refractivity contribution in [3.05, 3.63) is 59.2 Å². The lowest BCUT2D eigenvalue weighted by molar-refractivity contribution is -0.144. The van der Waals surface area contributed by atoms with E-state index in [2.05, 4.69) is 10.3 Å². The van der Waals surface area contributed by atoms with Crippen molar-refractivity contribution in [3.8, 4) is 0 Å². The summed E-state index contributed by atoms with van der Waals surface area (Å²) in [4.78, 5) is 46.3. The van der Waals surface area contributed by atoms with Gasteiger partial charge in [0.2, 0.25) is 11.8 Å². The Bertz CT molecular complexity index is 1410. The molecule has 3 fully saturated rings. The summed E-state index contributed by atoms with van der Waals surface area (Å²) in [6.07, 6.45) is -2.57. The van der Waals surface area contributed by atoms with Crippen LogP contribution >= 0.6 is 0 Å². The van der Waals surface area contributed by atoms with Gasteiger partial charge in [-0.15, -0.1) is 0 Å². The van der Waals surface area contributed by atoms with Crippen molar-refractivity contribution in [3.63, 3.8) is 0 Å². The summed E-state index contributed by atoms with van der Waals surface area (Å²) in [5.74, 6) is -5.71. The van der Waals surface area contributed by atoms with Gasteiger partial charge in [-0.1, -0.05) is 6.07 Å². The maximum atomic E-state index is 15.9. The Hall–Kier alpha value is -3.84. The van der Waals surface area contributed by atoms with E-state index in [1.54, 1.807) is 6.07 Å². The van der Waals surface area contributed by atoms with Crippen LogP contribution < -0.4 is 10.2 Å². The molecule has 1 aliphatic heterocycles. The van der Waals surface area contributed by atoms with E-state index in [1.165, 1.54) is 12.1 Å². The minimum atomic E-state index is -5.00. The van der Waals surface area contributed by atoms with Crippen LogP contribution in [0.25, 0.3) is 0 Å². The zero-order valence-electron chi connectivity index (χ0n) is 23.9. The summed E-state index contributed by atoms with van der Waals surface area (Å²) < 4.78 is 91.4. The summed E-state index contributed by atoms with van der Waals surface area (Å²) in [6.45, 7) is -0.0118. The number of halogens is 6. The summed E-state index contributed by atoms with van der Waals surface area (Å²) >= 11 is 0. The molecular formula is C30H32F6N4O4. The molecule has 0 spiro atoms. The van der Waals surface area contributed by atoms with Gasteiger partial charge in [0.25, 0.3) is 0 Å². The molecule has 14 heteroatoms. The van der Waals surface area contributed by atoms with Crippen molar-refractivity contribution in [1.29, 1.82) is 0 Å². The number of ether oxygens (including phenoxy) is 1. The highest BCUT2D eigenvalue weighted by Crippen LogP contribution is 2.43. The normalized spacial score (nSPS) is 21.1. The summed E-state index contributed by atoms with van der Waals surface area (Å²) in [6, 6.07) is -0.577. The molecule has 8 nitrogen and oxygen atoms in total. The Balaban J connectivity index is 1.64. The Morgan fingerprint density at radius 2 is 1.80 bits per heavy atom. The molecule has 44 heavy (non-hydrogen) atoms. The standard InChI is InChI=1S/C30H32F6N4O4/c1-44-27(42)24-3-2-14-39(24)28(43)40(23-7-6-18(15-22(23)31)17-4-5-17)25(20-16-37-13-10-21(20)30(34,35)36)26(41)38-19-8-11-29(32,33)12-9-19/h6-7,10,13,15-17,19,24-25H,2-5,8-9,11-12,14H2,1H3,(H,38,41)/t24-,25?/m1/s1. The quantitative estimate of drug-likeness (QED) is 0.296. The highest BCUT2D eigenvalue weighted by atomic mass is 19.4. The number of anilines is 1. The number of carbonyl (C=O) groups excluding carboxylic acids is 3. The van der Waals surface area contributed by atoms with Crippen LogP contribution in [0.1, 0.15) is 80.0 Å². The number of nitrogens with one attached hydrogen (secondary N) is 1. The number of esters is 1. The fourth-order valence-electron chi connectivity index (χ4n) is 6.00. The van der Waals surface area contributed by atoms with Gasteiger partial charge in [-0.25, -0.2) is 22.8 Å². The monoisotopic (exact) mass is 626 g/mol. The summed E-state index contributed by atoms with van der Waals surface area (Å²) in [5.41, 5.74) is -1.89. The topological polar surface area (TPSA) is 91.8 Å². The molecule has 2 atom stereocenters. The van der Waals surface area contributed by atoms with Crippen molar-refractivity contribution in [1.82, 2.24) is 15.2 Å². The fourth-order valence-corrected chi connectivity index (χ4v) is 6.00. The molecule has 238 valence electrons. The SMILES string of the molecule is COC(=O)[C@H]1CCCN1C(=O)N(c1ccc(C2CC2)cc1F)C(C(=O)NC1CCC(F)(F)CC1)c1cnccc1C(F)(F)F. The predicted molar refractivity (Wildman–Crippen MR) is 145 cm³/mol. The second-order valence-corrected chi connectivity index (χ2v) is 11.5. The van der Waals surface area contributed by atoms with Crippen molar-refractivity contribution in [2.75, 3.05) is 18.6 Å². The second kappa shape index (κ2) is 12.3. The van der Waals surface area contributed by atoms with E-state index in [0.717, 1.165) is 37.2 Å². The Morgan fingerprint density at radius 3 is 2.41 bits per heavy atom. The number of alkyl halides is 5. The highest BCUT2D eigenvalue weighted by molar-refractivity contribution is 6.02. The van der Waals surface area contributed by atoms with E-state index in [-0.39, 0.29) is 31.7 Å². The number of rotatable bonds is 7. The molecule has 1 unspecified atom stereocenters. The summed E-state index contributed by atoms with van der Waals surface area (Å²) in [5, 5.41) is 2.54. The van der Waals surface area contributed by atoms with Crippen LogP contribution in [0.2, 0.25) is 0 Å². The molecule has 2 heterocycles. The number of nitrogens with zero attached hydrogens (tertiary/aromatic N) is 3. The predicted octanol–water partition coefficient (Wildman–Crippen LogP) is 6.12. The Labute approximate surface area is 249 Å². The number of pyridine rings is 1. The van der Waals surface area contributed by atoms with Crippen LogP contribution in [0.4, 0.5) is 36.8 Å². The maximum Gasteiger partial charge on any atom is 0.416 e. The van der Waals surface area contributed by atoms with Crippen LogP contribution in [-0.2, 0) is 20.5 Å². The molecule has 1 aromatic carbocycles. The highest BCUT2D eigenvalue weighted by Gasteiger charge is 2.46. The number of methoxy groups -OCH3 is 1. The van der Waals surface area contributed by atoms with Crippen LogP contribution in [0, 0.1) is 5.82 Å². The van der Waals surface area contributed by atoms with Crippen molar-refractivity contribution < 1.29 is 45.5 Å². The third-order valence-corrected chi connectivity index (χ3v) is 8.48.